The van der Waals surface area contributed by atoms with Crippen LogP contribution in [0, 0.1) is 0 Å². The van der Waals surface area contributed by atoms with E-state index in [9.17, 15) is 9.59 Å². The summed E-state index contributed by atoms with van der Waals surface area (Å²) in [5.74, 6) is -0.548. The number of unbranched alkanes of at least 4 members (excludes halogenated alkanes) is 1. The molecule has 1 atom stereocenters. The first-order valence-electron chi connectivity index (χ1n) is 6.45. The standard InChI is InChI=1S/C15H20O4/c1-12(16)18-11-7-6-10-15(19-13(2)17)14-8-4-3-5-9-14/h3-5,8-9,15H,6-7,10-11H2,1-2H3/t15-/m1/s1. The quantitative estimate of drug-likeness (QED) is 0.561. The third kappa shape index (κ3) is 6.60. The lowest BCUT2D eigenvalue weighted by atomic mass is 10.0. The molecule has 1 aromatic rings. The van der Waals surface area contributed by atoms with Gasteiger partial charge in [0.25, 0.3) is 0 Å². The van der Waals surface area contributed by atoms with E-state index < -0.39 is 0 Å². The van der Waals surface area contributed by atoms with E-state index in [1.54, 1.807) is 0 Å². The van der Waals surface area contributed by atoms with Crippen LogP contribution in [0.1, 0.15) is 44.8 Å². The number of carbonyl (C=O) groups is 2. The monoisotopic (exact) mass is 264 g/mol. The molecule has 104 valence electrons. The Balaban J connectivity index is 2.43. The Labute approximate surface area is 113 Å². The van der Waals surface area contributed by atoms with Gasteiger partial charge in [0.05, 0.1) is 6.61 Å². The smallest absolute Gasteiger partial charge is 0.303 e. The Morgan fingerprint density at radius 1 is 1.05 bits per heavy atom. The number of carbonyl (C=O) groups excluding carboxylic acids is 2. The van der Waals surface area contributed by atoms with E-state index in [1.807, 2.05) is 30.3 Å². The van der Waals surface area contributed by atoms with Gasteiger partial charge in [0, 0.05) is 13.8 Å². The van der Waals surface area contributed by atoms with Crippen LogP contribution in [-0.2, 0) is 19.1 Å². The minimum atomic E-state index is -0.283. The van der Waals surface area contributed by atoms with E-state index >= 15 is 0 Å². The van der Waals surface area contributed by atoms with Crippen molar-refractivity contribution < 1.29 is 19.1 Å². The molecule has 0 unspecified atom stereocenters. The van der Waals surface area contributed by atoms with Gasteiger partial charge >= 0.3 is 11.9 Å². The molecule has 0 fully saturated rings. The summed E-state index contributed by atoms with van der Waals surface area (Å²) in [6.07, 6.45) is 2.10. The molecule has 4 nitrogen and oxygen atoms in total. The molecule has 0 radical (unpaired) electrons. The van der Waals surface area contributed by atoms with Crippen LogP contribution in [0.5, 0.6) is 0 Å². The molecule has 0 aliphatic rings. The molecule has 1 aromatic carbocycles. The summed E-state index contributed by atoms with van der Waals surface area (Å²) >= 11 is 0. The average Bonchev–Trinajstić information content (AvgIpc) is 2.37. The Hall–Kier alpha value is -1.84. The zero-order valence-corrected chi connectivity index (χ0v) is 11.4. The van der Waals surface area contributed by atoms with Gasteiger partial charge in [0.1, 0.15) is 6.10 Å². The lowest BCUT2D eigenvalue weighted by Crippen LogP contribution is -2.09. The molecule has 0 aliphatic heterocycles. The first-order chi connectivity index (χ1) is 9.09. The van der Waals surface area contributed by atoms with Crippen LogP contribution in [0.4, 0.5) is 0 Å². The summed E-state index contributed by atoms with van der Waals surface area (Å²) in [7, 11) is 0. The van der Waals surface area contributed by atoms with Gasteiger partial charge in [-0.1, -0.05) is 30.3 Å². The van der Waals surface area contributed by atoms with Crippen LogP contribution in [0.2, 0.25) is 0 Å². The molecule has 0 saturated carbocycles. The predicted molar refractivity (Wildman–Crippen MR) is 71.4 cm³/mol. The Bertz CT molecular complexity index is 400. The number of rotatable bonds is 7. The molecular weight excluding hydrogens is 244 g/mol. The average molecular weight is 264 g/mol. The normalized spacial score (nSPS) is 11.7. The van der Waals surface area contributed by atoms with E-state index in [4.69, 9.17) is 9.47 Å². The molecule has 1 rings (SSSR count). The highest BCUT2D eigenvalue weighted by Gasteiger charge is 2.13. The molecule has 0 spiro atoms. The van der Waals surface area contributed by atoms with Crippen molar-refractivity contribution in [3.8, 4) is 0 Å². The van der Waals surface area contributed by atoms with Crippen LogP contribution < -0.4 is 0 Å². The molecular formula is C15H20O4. The van der Waals surface area contributed by atoms with Gasteiger partial charge in [-0.25, -0.2) is 0 Å². The van der Waals surface area contributed by atoms with Crippen LogP contribution in [0.3, 0.4) is 0 Å². The maximum absolute atomic E-state index is 11.1. The highest BCUT2D eigenvalue weighted by Crippen LogP contribution is 2.23. The van der Waals surface area contributed by atoms with Gasteiger partial charge in [0.15, 0.2) is 0 Å². The molecule has 0 aromatic heterocycles. The maximum Gasteiger partial charge on any atom is 0.303 e. The maximum atomic E-state index is 11.1. The SMILES string of the molecule is CC(=O)OCCCC[C@@H](OC(C)=O)c1ccccc1. The molecule has 0 bridgehead atoms. The van der Waals surface area contributed by atoms with Crippen molar-refractivity contribution in [3.63, 3.8) is 0 Å². The van der Waals surface area contributed by atoms with Crippen molar-refractivity contribution in [2.45, 2.75) is 39.2 Å². The predicted octanol–water partition coefficient (Wildman–Crippen LogP) is 3.02. The second kappa shape index (κ2) is 8.29. The molecule has 19 heavy (non-hydrogen) atoms. The topological polar surface area (TPSA) is 52.6 Å². The molecule has 0 saturated heterocycles. The summed E-state index contributed by atoms with van der Waals surface area (Å²) < 4.78 is 10.2. The lowest BCUT2D eigenvalue weighted by Gasteiger charge is -2.17. The fourth-order valence-corrected chi connectivity index (χ4v) is 1.81. The third-order valence-electron chi connectivity index (χ3n) is 2.65. The van der Waals surface area contributed by atoms with Gasteiger partial charge < -0.3 is 9.47 Å². The number of hydrogen-bond donors (Lipinski definition) is 0. The van der Waals surface area contributed by atoms with Crippen molar-refractivity contribution in [2.24, 2.45) is 0 Å². The fourth-order valence-electron chi connectivity index (χ4n) is 1.81. The number of ether oxygens (including phenoxy) is 2. The second-order valence-corrected chi connectivity index (χ2v) is 4.34. The summed E-state index contributed by atoms with van der Waals surface area (Å²) in [5.41, 5.74) is 0.991. The number of hydrogen-bond acceptors (Lipinski definition) is 4. The first-order valence-corrected chi connectivity index (χ1v) is 6.45. The van der Waals surface area contributed by atoms with Gasteiger partial charge in [-0.15, -0.1) is 0 Å². The lowest BCUT2D eigenvalue weighted by molar-refractivity contribution is -0.147. The molecule has 4 heteroatoms. The van der Waals surface area contributed by atoms with Gasteiger partial charge in [-0.2, -0.15) is 0 Å². The van der Waals surface area contributed by atoms with Gasteiger partial charge in [-0.3, -0.25) is 9.59 Å². The summed E-state index contributed by atoms with van der Waals surface area (Å²) in [6, 6.07) is 9.66. The largest absolute Gasteiger partial charge is 0.466 e. The van der Waals surface area contributed by atoms with Crippen LogP contribution in [0.25, 0.3) is 0 Å². The first kappa shape index (κ1) is 15.2. The van der Waals surface area contributed by atoms with Gasteiger partial charge in [-0.05, 0) is 24.8 Å². The Morgan fingerprint density at radius 2 is 1.74 bits per heavy atom. The Morgan fingerprint density at radius 3 is 2.32 bits per heavy atom. The third-order valence-corrected chi connectivity index (χ3v) is 2.65. The summed E-state index contributed by atoms with van der Waals surface area (Å²) in [6.45, 7) is 3.22. The second-order valence-electron chi connectivity index (χ2n) is 4.34. The highest BCUT2D eigenvalue weighted by molar-refractivity contribution is 5.66. The number of esters is 2. The van der Waals surface area contributed by atoms with Crippen molar-refractivity contribution in [2.75, 3.05) is 6.61 Å². The van der Waals surface area contributed by atoms with E-state index in [0.29, 0.717) is 6.61 Å². The minimum Gasteiger partial charge on any atom is -0.466 e. The van der Waals surface area contributed by atoms with E-state index in [-0.39, 0.29) is 18.0 Å². The van der Waals surface area contributed by atoms with Crippen molar-refractivity contribution in [1.29, 1.82) is 0 Å². The van der Waals surface area contributed by atoms with E-state index in [1.165, 1.54) is 13.8 Å². The molecule has 0 heterocycles. The summed E-state index contributed by atoms with van der Waals surface area (Å²) in [4.78, 5) is 21.7. The molecule has 0 N–H and O–H groups in total. The fraction of sp³-hybridized carbons (Fsp3) is 0.467. The van der Waals surface area contributed by atoms with Crippen molar-refractivity contribution >= 4 is 11.9 Å². The Kier molecular flexibility index (Phi) is 6.64. The number of benzene rings is 1. The van der Waals surface area contributed by atoms with Crippen molar-refractivity contribution in [1.82, 2.24) is 0 Å². The zero-order chi connectivity index (χ0) is 14.1. The minimum absolute atomic E-state index is 0.226. The van der Waals surface area contributed by atoms with E-state index in [2.05, 4.69) is 0 Å². The molecule has 0 amide bonds. The van der Waals surface area contributed by atoms with Crippen molar-refractivity contribution in [3.05, 3.63) is 35.9 Å². The van der Waals surface area contributed by atoms with Crippen LogP contribution in [0.15, 0.2) is 30.3 Å². The summed E-state index contributed by atoms with van der Waals surface area (Å²) in [5, 5.41) is 0. The zero-order valence-electron chi connectivity index (χ0n) is 11.4. The molecule has 0 aliphatic carbocycles. The highest BCUT2D eigenvalue weighted by atomic mass is 16.5. The van der Waals surface area contributed by atoms with Crippen LogP contribution in [-0.4, -0.2) is 18.5 Å². The van der Waals surface area contributed by atoms with E-state index in [0.717, 1.165) is 24.8 Å². The van der Waals surface area contributed by atoms with Crippen LogP contribution >= 0.6 is 0 Å². The van der Waals surface area contributed by atoms with Gasteiger partial charge in [0.2, 0.25) is 0 Å².